The van der Waals surface area contributed by atoms with Crippen molar-refractivity contribution in [3.8, 4) is 0 Å². The first-order chi connectivity index (χ1) is 6.81. The van der Waals surface area contributed by atoms with Crippen LogP contribution in [0.2, 0.25) is 0 Å². The average Bonchev–Trinajstić information content (AvgIpc) is 2.47. The largest absolute Gasteiger partial charge is 0.339 e. The van der Waals surface area contributed by atoms with Crippen LogP contribution in [-0.4, -0.2) is 10.1 Å². The molecule has 0 radical (unpaired) electrons. The first-order valence-corrected chi connectivity index (χ1v) is 5.34. The number of hydrogen-bond donors (Lipinski definition) is 1. The molecule has 1 heterocycles. The number of nitrogens with zero attached hydrogens (tertiary/aromatic N) is 2. The molecule has 0 aromatic carbocycles. The fourth-order valence-corrected chi connectivity index (χ4v) is 2.76. The molecule has 2 saturated carbocycles. The third kappa shape index (κ3) is 1.10. The van der Waals surface area contributed by atoms with Gasteiger partial charge in [-0.2, -0.15) is 4.98 Å². The molecule has 0 amide bonds. The summed E-state index contributed by atoms with van der Waals surface area (Å²) >= 11 is 0. The standard InChI is InChI=1S/C10H15N3O/c11-6-8-12-9(14-13-8)7-4-10(5-7)2-1-3-10/h7H,1-6,11H2. The van der Waals surface area contributed by atoms with Crippen LogP contribution in [0, 0.1) is 5.41 Å². The Morgan fingerprint density at radius 1 is 1.43 bits per heavy atom. The summed E-state index contributed by atoms with van der Waals surface area (Å²) in [6, 6.07) is 0. The molecular formula is C10H15N3O. The molecule has 0 bridgehead atoms. The van der Waals surface area contributed by atoms with Crippen LogP contribution < -0.4 is 5.73 Å². The van der Waals surface area contributed by atoms with E-state index in [9.17, 15) is 0 Å². The summed E-state index contributed by atoms with van der Waals surface area (Å²) in [5.41, 5.74) is 6.10. The molecule has 0 atom stereocenters. The van der Waals surface area contributed by atoms with Gasteiger partial charge in [-0.25, -0.2) is 0 Å². The van der Waals surface area contributed by atoms with Gasteiger partial charge >= 0.3 is 0 Å². The number of rotatable bonds is 2. The van der Waals surface area contributed by atoms with Crippen molar-refractivity contribution in [1.29, 1.82) is 0 Å². The van der Waals surface area contributed by atoms with Crippen molar-refractivity contribution >= 4 is 0 Å². The third-order valence-electron chi connectivity index (χ3n) is 3.79. The molecule has 14 heavy (non-hydrogen) atoms. The molecule has 4 nitrogen and oxygen atoms in total. The summed E-state index contributed by atoms with van der Waals surface area (Å²) in [4.78, 5) is 4.27. The Morgan fingerprint density at radius 2 is 2.21 bits per heavy atom. The van der Waals surface area contributed by atoms with Gasteiger partial charge in [0.05, 0.1) is 6.54 Å². The molecule has 0 unspecified atom stereocenters. The molecule has 2 fully saturated rings. The van der Waals surface area contributed by atoms with Crippen molar-refractivity contribution in [2.45, 2.75) is 44.6 Å². The zero-order valence-corrected chi connectivity index (χ0v) is 8.20. The predicted octanol–water partition coefficient (Wildman–Crippen LogP) is 1.58. The number of nitrogens with two attached hydrogens (primary N) is 1. The normalized spacial score (nSPS) is 24.6. The molecule has 4 heteroatoms. The minimum Gasteiger partial charge on any atom is -0.339 e. The van der Waals surface area contributed by atoms with Crippen LogP contribution in [0.15, 0.2) is 4.52 Å². The van der Waals surface area contributed by atoms with Gasteiger partial charge in [-0.15, -0.1) is 0 Å². The van der Waals surface area contributed by atoms with Crippen molar-refractivity contribution in [3.05, 3.63) is 11.7 Å². The molecule has 2 N–H and O–H groups in total. The fourth-order valence-electron chi connectivity index (χ4n) is 2.76. The van der Waals surface area contributed by atoms with Crippen LogP contribution in [0.25, 0.3) is 0 Å². The van der Waals surface area contributed by atoms with Crippen LogP contribution in [0.5, 0.6) is 0 Å². The maximum Gasteiger partial charge on any atom is 0.229 e. The molecule has 1 spiro atoms. The van der Waals surface area contributed by atoms with Crippen molar-refractivity contribution in [2.24, 2.45) is 11.1 Å². The Morgan fingerprint density at radius 3 is 2.71 bits per heavy atom. The lowest BCUT2D eigenvalue weighted by molar-refractivity contribution is -0.00166. The number of hydrogen-bond acceptors (Lipinski definition) is 4. The minimum absolute atomic E-state index is 0.376. The lowest BCUT2D eigenvalue weighted by Gasteiger charge is -2.53. The highest BCUT2D eigenvalue weighted by Gasteiger charge is 2.50. The summed E-state index contributed by atoms with van der Waals surface area (Å²) in [7, 11) is 0. The monoisotopic (exact) mass is 193 g/mol. The first kappa shape index (κ1) is 8.41. The predicted molar refractivity (Wildman–Crippen MR) is 50.4 cm³/mol. The summed E-state index contributed by atoms with van der Waals surface area (Å²) < 4.78 is 5.18. The molecule has 0 saturated heterocycles. The highest BCUT2D eigenvalue weighted by Crippen LogP contribution is 2.61. The molecule has 2 aliphatic carbocycles. The van der Waals surface area contributed by atoms with E-state index in [0.29, 0.717) is 23.7 Å². The van der Waals surface area contributed by atoms with Gasteiger partial charge in [-0.3, -0.25) is 0 Å². The van der Waals surface area contributed by atoms with Crippen molar-refractivity contribution in [3.63, 3.8) is 0 Å². The zero-order valence-electron chi connectivity index (χ0n) is 8.20. The van der Waals surface area contributed by atoms with Crippen molar-refractivity contribution < 1.29 is 4.52 Å². The lowest BCUT2D eigenvalue weighted by atomic mass is 9.52. The molecule has 3 rings (SSSR count). The molecule has 2 aliphatic rings. The molecule has 1 aromatic rings. The fraction of sp³-hybridized carbons (Fsp3) is 0.800. The first-order valence-electron chi connectivity index (χ1n) is 5.34. The van der Waals surface area contributed by atoms with Gasteiger partial charge in [0, 0.05) is 5.92 Å². The summed E-state index contributed by atoms with van der Waals surface area (Å²) in [6.07, 6.45) is 6.71. The molecule has 1 aromatic heterocycles. The van der Waals surface area contributed by atoms with Crippen molar-refractivity contribution in [2.75, 3.05) is 0 Å². The van der Waals surface area contributed by atoms with Crippen LogP contribution in [0.4, 0.5) is 0 Å². The maximum atomic E-state index is 5.43. The van der Waals surface area contributed by atoms with Gasteiger partial charge in [-0.1, -0.05) is 11.6 Å². The van der Waals surface area contributed by atoms with E-state index in [0.717, 1.165) is 5.89 Å². The minimum atomic E-state index is 0.376. The van der Waals surface area contributed by atoms with Gasteiger partial charge in [0.2, 0.25) is 5.89 Å². The summed E-state index contributed by atoms with van der Waals surface area (Å²) in [6.45, 7) is 0.376. The van der Waals surface area contributed by atoms with E-state index in [4.69, 9.17) is 10.3 Å². The Balaban J connectivity index is 1.67. The molecule has 0 aliphatic heterocycles. The third-order valence-corrected chi connectivity index (χ3v) is 3.79. The van der Waals surface area contributed by atoms with E-state index in [1.54, 1.807) is 0 Å². The molecule has 76 valence electrons. The van der Waals surface area contributed by atoms with Crippen molar-refractivity contribution in [1.82, 2.24) is 10.1 Å². The van der Waals surface area contributed by atoms with Gasteiger partial charge in [0.1, 0.15) is 0 Å². The van der Waals surface area contributed by atoms with Gasteiger partial charge in [-0.05, 0) is 31.1 Å². The summed E-state index contributed by atoms with van der Waals surface area (Å²) in [5, 5.41) is 3.82. The highest BCUT2D eigenvalue weighted by atomic mass is 16.5. The summed E-state index contributed by atoms with van der Waals surface area (Å²) in [5.74, 6) is 1.96. The Labute approximate surface area is 82.9 Å². The number of aromatic nitrogens is 2. The lowest BCUT2D eigenvalue weighted by Crippen LogP contribution is -2.41. The average molecular weight is 193 g/mol. The van der Waals surface area contributed by atoms with E-state index in [1.165, 1.54) is 32.1 Å². The SMILES string of the molecule is NCc1noc(C2CC3(CCC3)C2)n1. The Hall–Kier alpha value is -0.900. The Bertz CT molecular complexity index is 335. The van der Waals surface area contributed by atoms with E-state index >= 15 is 0 Å². The zero-order chi connectivity index (χ0) is 9.60. The van der Waals surface area contributed by atoms with Crippen LogP contribution in [0.1, 0.15) is 49.7 Å². The van der Waals surface area contributed by atoms with Crippen LogP contribution >= 0.6 is 0 Å². The smallest absolute Gasteiger partial charge is 0.229 e. The second-order valence-corrected chi connectivity index (χ2v) is 4.71. The Kier molecular flexibility index (Phi) is 1.68. The quantitative estimate of drug-likeness (QED) is 0.774. The maximum absolute atomic E-state index is 5.43. The van der Waals surface area contributed by atoms with Gasteiger partial charge in [0.15, 0.2) is 5.82 Å². The van der Waals surface area contributed by atoms with E-state index in [1.807, 2.05) is 0 Å². The second kappa shape index (κ2) is 2.79. The van der Waals surface area contributed by atoms with Crippen LogP contribution in [0.3, 0.4) is 0 Å². The van der Waals surface area contributed by atoms with E-state index in [2.05, 4.69) is 10.1 Å². The van der Waals surface area contributed by atoms with Gasteiger partial charge in [0.25, 0.3) is 0 Å². The molecular weight excluding hydrogens is 178 g/mol. The second-order valence-electron chi connectivity index (χ2n) is 4.71. The topological polar surface area (TPSA) is 64.9 Å². The highest BCUT2D eigenvalue weighted by molar-refractivity contribution is 5.09. The van der Waals surface area contributed by atoms with E-state index < -0.39 is 0 Å². The van der Waals surface area contributed by atoms with Crippen LogP contribution in [-0.2, 0) is 6.54 Å². The van der Waals surface area contributed by atoms with Gasteiger partial charge < -0.3 is 10.3 Å². The van der Waals surface area contributed by atoms with E-state index in [-0.39, 0.29) is 0 Å².